The number of nitrogens with zero attached hydrogens (tertiary/aromatic N) is 2. The van der Waals surface area contributed by atoms with Crippen LogP contribution in [0.15, 0.2) is 28.2 Å². The number of carbonyl (C=O) groups excluding carboxylic acids is 1. The van der Waals surface area contributed by atoms with Crippen molar-refractivity contribution in [1.29, 1.82) is 0 Å². The van der Waals surface area contributed by atoms with Crippen LogP contribution in [0, 0.1) is 13.8 Å². The van der Waals surface area contributed by atoms with Gasteiger partial charge in [-0.25, -0.2) is 4.98 Å². The van der Waals surface area contributed by atoms with Crippen molar-refractivity contribution < 1.29 is 4.79 Å². The molecule has 1 N–H and O–H groups in total. The minimum absolute atomic E-state index is 0.0113. The van der Waals surface area contributed by atoms with Gasteiger partial charge in [-0.15, -0.1) is 0 Å². The van der Waals surface area contributed by atoms with Crippen molar-refractivity contribution in [2.24, 2.45) is 0 Å². The molecule has 5 nitrogen and oxygen atoms in total. The maximum atomic E-state index is 12.7. The lowest BCUT2D eigenvalue weighted by atomic mass is 10.1. The van der Waals surface area contributed by atoms with E-state index in [1.165, 1.54) is 16.3 Å². The molecule has 6 heteroatoms. The number of benzene rings is 1. The van der Waals surface area contributed by atoms with Gasteiger partial charge in [0.2, 0.25) is 5.91 Å². The highest BCUT2D eigenvalue weighted by Crippen LogP contribution is 2.21. The van der Waals surface area contributed by atoms with E-state index in [2.05, 4.69) is 10.3 Å². The Morgan fingerprint density at radius 3 is 2.83 bits per heavy atom. The number of amides is 1. The minimum atomic E-state index is -0.209. The molecule has 0 unspecified atom stereocenters. The van der Waals surface area contributed by atoms with Crippen LogP contribution < -0.4 is 10.9 Å². The second-order valence-electron chi connectivity index (χ2n) is 6.14. The number of hydrogen-bond acceptors (Lipinski definition) is 4. The molecule has 0 spiro atoms. The summed E-state index contributed by atoms with van der Waals surface area (Å²) in [4.78, 5) is 29.7. The van der Waals surface area contributed by atoms with Crippen molar-refractivity contribution in [3.8, 4) is 0 Å². The predicted molar refractivity (Wildman–Crippen MR) is 96.8 cm³/mol. The number of rotatable bonds is 4. The van der Waals surface area contributed by atoms with Gasteiger partial charge in [-0.1, -0.05) is 29.5 Å². The normalized spacial score (nSPS) is 13.0. The summed E-state index contributed by atoms with van der Waals surface area (Å²) in [6, 6.07) is 5.87. The smallest absolute Gasteiger partial charge is 0.258 e. The van der Waals surface area contributed by atoms with Crippen molar-refractivity contribution in [3.05, 3.63) is 50.9 Å². The highest BCUT2D eigenvalue weighted by Gasteiger charge is 2.21. The average Bonchev–Trinajstić information content (AvgIpc) is 3.01. The van der Waals surface area contributed by atoms with Crippen LogP contribution in [-0.4, -0.2) is 21.7 Å². The Bertz CT molecular complexity index is 858. The molecule has 0 fully saturated rings. The van der Waals surface area contributed by atoms with E-state index in [9.17, 15) is 9.59 Å². The first-order chi connectivity index (χ1) is 11.5. The quantitative estimate of drug-likeness (QED) is 0.685. The van der Waals surface area contributed by atoms with Crippen LogP contribution in [-0.2, 0) is 24.2 Å². The van der Waals surface area contributed by atoms with Crippen molar-refractivity contribution in [3.63, 3.8) is 0 Å². The van der Waals surface area contributed by atoms with Crippen LogP contribution in [0.5, 0.6) is 0 Å². The van der Waals surface area contributed by atoms with Gasteiger partial charge in [-0.05, 0) is 51.0 Å². The number of nitrogens with one attached hydrogen (secondary N) is 1. The Balaban J connectivity index is 1.85. The predicted octanol–water partition coefficient (Wildman–Crippen LogP) is 2.71. The van der Waals surface area contributed by atoms with Crippen molar-refractivity contribution >= 4 is 23.4 Å². The largest absolute Gasteiger partial charge is 0.324 e. The van der Waals surface area contributed by atoms with Gasteiger partial charge in [0.15, 0.2) is 5.16 Å². The zero-order chi connectivity index (χ0) is 17.3. The number of anilines is 1. The molecule has 0 bridgehead atoms. The molecule has 1 aliphatic carbocycles. The summed E-state index contributed by atoms with van der Waals surface area (Å²) in [5.74, 6) is -0.209. The first kappa shape index (κ1) is 16.8. The molecule has 24 heavy (non-hydrogen) atoms. The summed E-state index contributed by atoms with van der Waals surface area (Å²) in [5.41, 5.74) is 4.53. The lowest BCUT2D eigenvalue weighted by molar-refractivity contribution is -0.116. The number of carbonyl (C=O) groups is 1. The van der Waals surface area contributed by atoms with Gasteiger partial charge in [0.05, 0.1) is 5.69 Å². The summed E-state index contributed by atoms with van der Waals surface area (Å²) >= 11 is 1.40. The van der Waals surface area contributed by atoms with E-state index in [-0.39, 0.29) is 18.0 Å². The summed E-state index contributed by atoms with van der Waals surface area (Å²) < 4.78 is 1.49. The van der Waals surface area contributed by atoms with Crippen LogP contribution >= 0.6 is 11.8 Å². The maximum absolute atomic E-state index is 12.7. The van der Waals surface area contributed by atoms with E-state index >= 15 is 0 Å². The monoisotopic (exact) mass is 343 g/mol. The fourth-order valence-corrected chi connectivity index (χ4v) is 3.66. The Hall–Kier alpha value is -2.08. The molecule has 126 valence electrons. The first-order valence-corrected chi connectivity index (χ1v) is 9.25. The van der Waals surface area contributed by atoms with E-state index in [0.717, 1.165) is 47.3 Å². The Kier molecular flexibility index (Phi) is 4.76. The second-order valence-corrected chi connectivity index (χ2v) is 6.91. The molecule has 0 saturated carbocycles. The Labute approximate surface area is 145 Å². The molecular formula is C18H21N3O2S. The molecule has 0 aliphatic heterocycles. The molecule has 0 atom stereocenters. The van der Waals surface area contributed by atoms with Crippen molar-refractivity contribution in [1.82, 2.24) is 9.55 Å². The van der Waals surface area contributed by atoms with E-state index in [0.29, 0.717) is 5.16 Å². The number of aromatic nitrogens is 2. The van der Waals surface area contributed by atoms with E-state index in [1.54, 1.807) is 0 Å². The second kappa shape index (κ2) is 6.81. The van der Waals surface area contributed by atoms with Crippen molar-refractivity contribution in [2.45, 2.75) is 44.8 Å². The average molecular weight is 343 g/mol. The highest BCUT2D eigenvalue weighted by atomic mass is 32.2. The number of thioether (sulfide) groups is 1. The van der Waals surface area contributed by atoms with Gasteiger partial charge in [-0.2, -0.15) is 0 Å². The van der Waals surface area contributed by atoms with Gasteiger partial charge in [-0.3, -0.25) is 14.2 Å². The summed E-state index contributed by atoms with van der Waals surface area (Å²) in [5, 5.41) is 3.50. The number of hydrogen-bond donors (Lipinski definition) is 1. The third kappa shape index (κ3) is 3.24. The molecule has 0 radical (unpaired) electrons. The summed E-state index contributed by atoms with van der Waals surface area (Å²) in [6.45, 7) is 3.96. The number of aryl methyl sites for hydroxylation is 3. The molecule has 1 heterocycles. The molecule has 2 aromatic rings. The molecule has 1 amide bonds. The molecule has 1 aromatic heterocycles. The lowest BCUT2D eigenvalue weighted by Crippen LogP contribution is -2.32. The van der Waals surface area contributed by atoms with Gasteiger partial charge in [0.1, 0.15) is 6.54 Å². The zero-order valence-electron chi connectivity index (χ0n) is 14.2. The van der Waals surface area contributed by atoms with Crippen LogP contribution in [0.2, 0.25) is 0 Å². The van der Waals surface area contributed by atoms with Crippen LogP contribution in [0.4, 0.5) is 5.69 Å². The van der Waals surface area contributed by atoms with Gasteiger partial charge < -0.3 is 5.32 Å². The van der Waals surface area contributed by atoms with Gasteiger partial charge >= 0.3 is 0 Å². The highest BCUT2D eigenvalue weighted by molar-refractivity contribution is 7.98. The molecule has 3 rings (SSSR count). The van der Waals surface area contributed by atoms with Crippen LogP contribution in [0.3, 0.4) is 0 Å². The van der Waals surface area contributed by atoms with E-state index in [1.807, 2.05) is 38.3 Å². The zero-order valence-corrected chi connectivity index (χ0v) is 15.0. The summed E-state index contributed by atoms with van der Waals surface area (Å²) in [7, 11) is 0. The lowest BCUT2D eigenvalue weighted by Gasteiger charge is -2.14. The van der Waals surface area contributed by atoms with Crippen LogP contribution in [0.25, 0.3) is 0 Å². The maximum Gasteiger partial charge on any atom is 0.258 e. The summed E-state index contributed by atoms with van der Waals surface area (Å²) in [6.07, 6.45) is 4.45. The standard InChI is InChI=1S/C18H21N3O2S/c1-11-7-8-14(12(2)9-11)19-16(22)10-21-17(23)13-5-4-6-15(13)20-18(21)24-3/h7-9H,4-6,10H2,1-3H3,(H,19,22). The fourth-order valence-electron chi connectivity index (χ4n) is 3.09. The Morgan fingerprint density at radius 1 is 1.33 bits per heavy atom. The van der Waals surface area contributed by atoms with E-state index in [4.69, 9.17) is 0 Å². The first-order valence-electron chi connectivity index (χ1n) is 8.03. The van der Waals surface area contributed by atoms with E-state index < -0.39 is 0 Å². The SMILES string of the molecule is CSc1nc2c(c(=O)n1CC(=O)Nc1ccc(C)cc1C)CCC2. The minimum Gasteiger partial charge on any atom is -0.324 e. The third-order valence-corrected chi connectivity index (χ3v) is 4.97. The molecule has 1 aliphatic rings. The van der Waals surface area contributed by atoms with Gasteiger partial charge in [0, 0.05) is 11.3 Å². The Morgan fingerprint density at radius 2 is 2.12 bits per heavy atom. The van der Waals surface area contributed by atoms with Gasteiger partial charge in [0.25, 0.3) is 5.56 Å². The molecule has 0 saturated heterocycles. The van der Waals surface area contributed by atoms with Crippen LogP contribution in [0.1, 0.15) is 28.8 Å². The molecule has 1 aromatic carbocycles. The topological polar surface area (TPSA) is 64.0 Å². The molecular weight excluding hydrogens is 322 g/mol. The third-order valence-electron chi connectivity index (χ3n) is 4.29. The number of fused-ring (bicyclic) bond motifs is 1. The fraction of sp³-hybridized carbons (Fsp3) is 0.389. The van der Waals surface area contributed by atoms with Crippen molar-refractivity contribution in [2.75, 3.05) is 11.6 Å².